The van der Waals surface area contributed by atoms with Crippen LogP contribution in [0.3, 0.4) is 0 Å². The number of halogens is 6. The number of hydrogen-bond donors (Lipinski definition) is 4. The Morgan fingerprint density at radius 3 is 1.33 bits per heavy atom. The monoisotopic (exact) mass is 974 g/mol. The van der Waals surface area contributed by atoms with Crippen molar-refractivity contribution in [1.82, 2.24) is 9.97 Å². The predicted octanol–water partition coefficient (Wildman–Crippen LogP) is 7.30. The molecule has 0 bridgehead atoms. The van der Waals surface area contributed by atoms with E-state index in [1.54, 1.807) is 24.3 Å². The van der Waals surface area contributed by atoms with Crippen LogP contribution in [0, 0.1) is 42.2 Å². The van der Waals surface area contributed by atoms with Crippen molar-refractivity contribution >= 4 is 56.7 Å². The molecule has 0 radical (unpaired) electrons. The molecule has 2 aromatic carbocycles. The Hall–Kier alpha value is -2.90. The lowest BCUT2D eigenvalue weighted by Crippen LogP contribution is -2.38. The fourth-order valence-corrected chi connectivity index (χ4v) is 8.11. The molecule has 4 aromatic rings. The second kappa shape index (κ2) is 19.3. The first kappa shape index (κ1) is 42.2. The minimum absolute atomic E-state index is 0.0461. The highest BCUT2D eigenvalue weighted by atomic mass is 127. The number of benzene rings is 2. The Balaban J connectivity index is 0.000000208. The standard InChI is InChI=1S/2C20H20F2INO3/c2*21-15-8-14(23)5-4-11(15)6-13-9-24-10-16(22)19(13)18(26)7-12-2-1-3-17(25)20(12)27/h2*4-5,8-10,12,17,20,25,27H,1-3,6-7H2/t2*12-,17+,20-/m10/s1. The Labute approximate surface area is 337 Å². The zero-order valence-electron chi connectivity index (χ0n) is 29.1. The second-order valence-electron chi connectivity index (χ2n) is 13.9. The number of pyridine rings is 2. The van der Waals surface area contributed by atoms with E-state index in [9.17, 15) is 47.6 Å². The Morgan fingerprint density at radius 1 is 0.574 bits per heavy atom. The third-order valence-electron chi connectivity index (χ3n) is 10.1. The molecular weight excluding hydrogens is 934 g/mol. The van der Waals surface area contributed by atoms with Gasteiger partial charge in [-0.05, 0) is 129 Å². The van der Waals surface area contributed by atoms with Gasteiger partial charge in [0.15, 0.2) is 23.2 Å². The first-order valence-corrected chi connectivity index (χ1v) is 19.8. The van der Waals surface area contributed by atoms with Gasteiger partial charge >= 0.3 is 0 Å². The number of carbonyl (C=O) groups excluding carboxylic acids is 2. The second-order valence-corrected chi connectivity index (χ2v) is 16.4. The molecule has 2 aromatic heterocycles. The molecule has 0 amide bonds. The first-order valence-electron chi connectivity index (χ1n) is 17.6. The highest BCUT2D eigenvalue weighted by molar-refractivity contribution is 14.1. The van der Waals surface area contributed by atoms with Gasteiger partial charge in [0.1, 0.15) is 11.6 Å². The fourth-order valence-electron chi connectivity index (χ4n) is 7.20. The fraction of sp³-hybridized carbons (Fsp3) is 0.400. The van der Waals surface area contributed by atoms with Crippen LogP contribution in [0.15, 0.2) is 61.2 Å². The summed E-state index contributed by atoms with van der Waals surface area (Å²) < 4.78 is 58.6. The molecule has 4 N–H and O–H groups in total. The lowest BCUT2D eigenvalue weighted by molar-refractivity contribution is -0.0446. The zero-order valence-corrected chi connectivity index (χ0v) is 33.4. The van der Waals surface area contributed by atoms with E-state index in [2.05, 4.69) is 9.97 Å². The van der Waals surface area contributed by atoms with Gasteiger partial charge in [-0.15, -0.1) is 0 Å². The summed E-state index contributed by atoms with van der Waals surface area (Å²) in [6, 6.07) is 9.46. The molecule has 2 saturated carbocycles. The van der Waals surface area contributed by atoms with Gasteiger partial charge in [0.25, 0.3) is 0 Å². The minimum Gasteiger partial charge on any atom is -0.390 e. The van der Waals surface area contributed by atoms with Crippen molar-refractivity contribution in [2.75, 3.05) is 0 Å². The van der Waals surface area contributed by atoms with E-state index < -0.39 is 71.1 Å². The van der Waals surface area contributed by atoms with Gasteiger partial charge in [0.05, 0.1) is 47.9 Å². The highest BCUT2D eigenvalue weighted by Crippen LogP contribution is 2.32. The number of aliphatic hydroxyl groups is 4. The molecular formula is C40H40F4I2N2O6. The summed E-state index contributed by atoms with van der Waals surface area (Å²) in [5.74, 6) is -4.12. The van der Waals surface area contributed by atoms with E-state index in [-0.39, 0.29) is 36.8 Å². The molecule has 2 aliphatic carbocycles. The van der Waals surface area contributed by atoms with Gasteiger partial charge in [-0.2, -0.15) is 0 Å². The molecule has 6 rings (SSSR count). The molecule has 2 fully saturated rings. The van der Waals surface area contributed by atoms with Crippen molar-refractivity contribution in [2.45, 2.75) is 88.6 Å². The van der Waals surface area contributed by atoms with Crippen LogP contribution in [-0.2, 0) is 12.8 Å². The summed E-state index contributed by atoms with van der Waals surface area (Å²) >= 11 is 4.00. The zero-order chi connectivity index (χ0) is 39.1. The van der Waals surface area contributed by atoms with Gasteiger partial charge in [0, 0.05) is 45.2 Å². The Morgan fingerprint density at radius 2 is 0.963 bits per heavy atom. The van der Waals surface area contributed by atoms with Crippen molar-refractivity contribution in [3.63, 3.8) is 0 Å². The average Bonchev–Trinajstić information content (AvgIpc) is 3.11. The summed E-state index contributed by atoms with van der Waals surface area (Å²) in [5.41, 5.74) is 1.09. The predicted molar refractivity (Wildman–Crippen MR) is 209 cm³/mol. The number of carbonyl (C=O) groups is 2. The van der Waals surface area contributed by atoms with Crippen molar-refractivity contribution in [3.8, 4) is 0 Å². The summed E-state index contributed by atoms with van der Waals surface area (Å²) in [5, 5.41) is 39.8. The lowest BCUT2D eigenvalue weighted by atomic mass is 9.80. The van der Waals surface area contributed by atoms with Crippen molar-refractivity contribution in [1.29, 1.82) is 0 Å². The van der Waals surface area contributed by atoms with E-state index in [1.165, 1.54) is 24.5 Å². The molecule has 288 valence electrons. The average molecular weight is 975 g/mol. The molecule has 2 heterocycles. The third kappa shape index (κ3) is 10.7. The molecule has 8 nitrogen and oxygen atoms in total. The van der Waals surface area contributed by atoms with Crippen LogP contribution < -0.4 is 0 Å². The number of aliphatic hydroxyl groups excluding tert-OH is 4. The first-order chi connectivity index (χ1) is 25.7. The SMILES string of the molecule is O=C(C[C@@H]1CCC[C@@H](O)[C@H]1O)c1c(F)cncc1Cc1ccc(I)cc1F.O=C(C[C@H]1CCC[C@H](O)[C@@H]1O)c1c(F)cncc1Cc1ccc(I)cc1F. The number of nitrogens with zero attached hydrogens (tertiary/aromatic N) is 2. The highest BCUT2D eigenvalue weighted by Gasteiger charge is 2.34. The van der Waals surface area contributed by atoms with Gasteiger partial charge in [0.2, 0.25) is 0 Å². The molecule has 2 aliphatic rings. The summed E-state index contributed by atoms with van der Waals surface area (Å²) in [6.45, 7) is 0. The maximum Gasteiger partial charge on any atom is 0.166 e. The number of rotatable bonds is 10. The van der Waals surface area contributed by atoms with Crippen molar-refractivity contribution in [2.24, 2.45) is 11.8 Å². The summed E-state index contributed by atoms with van der Waals surface area (Å²) in [4.78, 5) is 33.2. The topological polar surface area (TPSA) is 141 Å². The van der Waals surface area contributed by atoms with E-state index in [0.29, 0.717) is 60.8 Å². The van der Waals surface area contributed by atoms with Crippen LogP contribution in [-0.4, -0.2) is 66.4 Å². The Kier molecular flexibility index (Phi) is 15.1. The van der Waals surface area contributed by atoms with Gasteiger partial charge in [-0.25, -0.2) is 17.6 Å². The van der Waals surface area contributed by atoms with Crippen LogP contribution in [0.2, 0.25) is 0 Å². The normalized spacial score (nSPS) is 22.6. The van der Waals surface area contributed by atoms with E-state index in [1.807, 2.05) is 45.2 Å². The van der Waals surface area contributed by atoms with Crippen LogP contribution >= 0.6 is 45.2 Å². The quantitative estimate of drug-likeness (QED) is 0.0738. The molecule has 0 unspecified atom stereocenters. The lowest BCUT2D eigenvalue weighted by Gasteiger charge is -2.31. The largest absolute Gasteiger partial charge is 0.390 e. The number of aromatic nitrogens is 2. The van der Waals surface area contributed by atoms with Crippen molar-refractivity contribution in [3.05, 3.63) is 125 Å². The van der Waals surface area contributed by atoms with Crippen LogP contribution in [0.5, 0.6) is 0 Å². The molecule has 0 spiro atoms. The van der Waals surface area contributed by atoms with E-state index >= 15 is 0 Å². The Bertz CT molecular complexity index is 1830. The molecule has 0 aliphatic heterocycles. The van der Waals surface area contributed by atoms with Crippen LogP contribution in [0.4, 0.5) is 17.6 Å². The minimum atomic E-state index is -0.996. The number of hydrogen-bond acceptors (Lipinski definition) is 8. The van der Waals surface area contributed by atoms with Crippen molar-refractivity contribution < 1.29 is 47.6 Å². The molecule has 0 saturated heterocycles. The molecule has 6 atom stereocenters. The van der Waals surface area contributed by atoms with Crippen LogP contribution in [0.1, 0.15) is 94.3 Å². The number of ketones is 2. The van der Waals surface area contributed by atoms with Gasteiger partial charge < -0.3 is 20.4 Å². The summed E-state index contributed by atoms with van der Waals surface area (Å²) in [6.07, 6.45) is 4.51. The molecule has 54 heavy (non-hydrogen) atoms. The van der Waals surface area contributed by atoms with E-state index in [0.717, 1.165) is 19.5 Å². The van der Waals surface area contributed by atoms with Gasteiger partial charge in [-0.1, -0.05) is 25.0 Å². The van der Waals surface area contributed by atoms with E-state index in [4.69, 9.17) is 0 Å². The maximum absolute atomic E-state index is 14.4. The molecule has 14 heteroatoms. The maximum atomic E-state index is 14.4. The smallest absolute Gasteiger partial charge is 0.166 e. The van der Waals surface area contributed by atoms with Gasteiger partial charge in [-0.3, -0.25) is 19.6 Å². The summed E-state index contributed by atoms with van der Waals surface area (Å²) in [7, 11) is 0. The van der Waals surface area contributed by atoms with Crippen LogP contribution in [0.25, 0.3) is 0 Å². The third-order valence-corrected chi connectivity index (χ3v) is 11.4. The number of Topliss-reactive ketones (excluding diaryl/α,β-unsaturated/α-hetero) is 2.